The minimum absolute atomic E-state index is 0.0267. The van der Waals surface area contributed by atoms with Crippen molar-refractivity contribution in [3.05, 3.63) is 47.3 Å². The van der Waals surface area contributed by atoms with Crippen LogP contribution in [0, 0.1) is 6.92 Å². The Morgan fingerprint density at radius 1 is 1.20 bits per heavy atom. The number of hydrogen-bond acceptors (Lipinski definition) is 4. The van der Waals surface area contributed by atoms with Crippen LogP contribution in [0.5, 0.6) is 0 Å². The van der Waals surface area contributed by atoms with Crippen molar-refractivity contribution < 1.29 is 9.90 Å². The molecule has 1 N–H and O–H groups in total. The molecule has 0 saturated heterocycles. The highest BCUT2D eigenvalue weighted by atomic mass is 32.2. The molecular formula is C15H16N2O2S. The summed E-state index contributed by atoms with van der Waals surface area (Å²) in [6, 6.07) is 9.62. The smallest absolute Gasteiger partial charge is 0.354 e. The standard InChI is InChI=1S/C15H16N2O2S/c1-9(2)11-4-6-12(7-5-11)20-15-16-10(3)8-13(17-15)14(18)19/h4-9H,1-3H3,(H,18,19). The van der Waals surface area contributed by atoms with Crippen molar-refractivity contribution in [3.8, 4) is 0 Å². The van der Waals surface area contributed by atoms with Gasteiger partial charge in [0.15, 0.2) is 10.9 Å². The maximum Gasteiger partial charge on any atom is 0.354 e. The number of rotatable bonds is 4. The van der Waals surface area contributed by atoms with Crippen LogP contribution in [-0.4, -0.2) is 21.0 Å². The molecule has 0 fully saturated rings. The van der Waals surface area contributed by atoms with Gasteiger partial charge in [-0.1, -0.05) is 26.0 Å². The van der Waals surface area contributed by atoms with Crippen LogP contribution in [0.3, 0.4) is 0 Å². The van der Waals surface area contributed by atoms with Gasteiger partial charge in [0.1, 0.15) is 0 Å². The second-order valence-electron chi connectivity index (χ2n) is 4.81. The number of benzene rings is 1. The van der Waals surface area contributed by atoms with Crippen molar-refractivity contribution >= 4 is 17.7 Å². The van der Waals surface area contributed by atoms with E-state index in [-0.39, 0.29) is 5.69 Å². The number of aromatic carboxylic acids is 1. The van der Waals surface area contributed by atoms with Gasteiger partial charge in [0.25, 0.3) is 0 Å². The summed E-state index contributed by atoms with van der Waals surface area (Å²) in [6.07, 6.45) is 0. The lowest BCUT2D eigenvalue weighted by Gasteiger charge is -2.06. The maximum atomic E-state index is 11.0. The predicted molar refractivity (Wildman–Crippen MR) is 78.4 cm³/mol. The second kappa shape index (κ2) is 6.05. The Morgan fingerprint density at radius 3 is 2.40 bits per heavy atom. The Balaban J connectivity index is 2.23. The van der Waals surface area contributed by atoms with Crippen LogP contribution in [0.4, 0.5) is 0 Å². The first-order valence-electron chi connectivity index (χ1n) is 6.32. The fourth-order valence-corrected chi connectivity index (χ4v) is 2.54. The Bertz CT molecular complexity index is 624. The fourth-order valence-electron chi connectivity index (χ4n) is 1.72. The van der Waals surface area contributed by atoms with E-state index in [1.54, 1.807) is 6.92 Å². The SMILES string of the molecule is Cc1cc(C(=O)O)nc(Sc2ccc(C(C)C)cc2)n1. The summed E-state index contributed by atoms with van der Waals surface area (Å²) in [5.74, 6) is -0.546. The first kappa shape index (κ1) is 14.5. The number of nitrogens with zero attached hydrogens (tertiary/aromatic N) is 2. The molecule has 104 valence electrons. The summed E-state index contributed by atoms with van der Waals surface area (Å²) in [5.41, 5.74) is 1.95. The van der Waals surface area contributed by atoms with Crippen LogP contribution in [0.15, 0.2) is 40.4 Å². The molecule has 0 saturated carbocycles. The lowest BCUT2D eigenvalue weighted by atomic mass is 10.0. The number of aromatic nitrogens is 2. The molecule has 4 nitrogen and oxygen atoms in total. The molecule has 1 heterocycles. The zero-order chi connectivity index (χ0) is 14.7. The molecule has 0 atom stereocenters. The molecule has 0 spiro atoms. The van der Waals surface area contributed by atoms with Gasteiger partial charge in [-0.3, -0.25) is 0 Å². The molecule has 0 unspecified atom stereocenters. The Morgan fingerprint density at radius 2 is 1.85 bits per heavy atom. The van der Waals surface area contributed by atoms with Crippen molar-refractivity contribution in [1.29, 1.82) is 0 Å². The molecule has 0 radical (unpaired) electrons. The van der Waals surface area contributed by atoms with Gasteiger partial charge in [-0.2, -0.15) is 0 Å². The molecule has 2 aromatic rings. The summed E-state index contributed by atoms with van der Waals surface area (Å²) in [6.45, 7) is 6.05. The van der Waals surface area contributed by atoms with Gasteiger partial charge in [0.05, 0.1) is 0 Å². The second-order valence-corrected chi connectivity index (χ2v) is 5.85. The average Bonchev–Trinajstić information content (AvgIpc) is 2.38. The molecule has 0 aliphatic heterocycles. The summed E-state index contributed by atoms with van der Waals surface area (Å²) >= 11 is 1.37. The summed E-state index contributed by atoms with van der Waals surface area (Å²) < 4.78 is 0. The van der Waals surface area contributed by atoms with E-state index in [0.29, 0.717) is 16.8 Å². The Kier molecular flexibility index (Phi) is 4.39. The third kappa shape index (κ3) is 3.57. The Hall–Kier alpha value is -1.88. The van der Waals surface area contributed by atoms with Crippen molar-refractivity contribution in [2.75, 3.05) is 0 Å². The van der Waals surface area contributed by atoms with Crippen molar-refractivity contribution in [2.24, 2.45) is 0 Å². The monoisotopic (exact) mass is 288 g/mol. The van der Waals surface area contributed by atoms with Gasteiger partial charge in [0.2, 0.25) is 0 Å². The Labute approximate surface area is 122 Å². The molecule has 1 aromatic carbocycles. The lowest BCUT2D eigenvalue weighted by molar-refractivity contribution is 0.0689. The first-order valence-corrected chi connectivity index (χ1v) is 7.14. The molecule has 5 heteroatoms. The van der Waals surface area contributed by atoms with Gasteiger partial charge in [-0.15, -0.1) is 0 Å². The highest BCUT2D eigenvalue weighted by Crippen LogP contribution is 2.26. The van der Waals surface area contributed by atoms with E-state index >= 15 is 0 Å². The molecule has 0 aliphatic rings. The largest absolute Gasteiger partial charge is 0.477 e. The van der Waals surface area contributed by atoms with E-state index < -0.39 is 5.97 Å². The van der Waals surface area contributed by atoms with Gasteiger partial charge in [0, 0.05) is 10.6 Å². The number of carboxylic acids is 1. The van der Waals surface area contributed by atoms with Crippen LogP contribution >= 0.6 is 11.8 Å². The lowest BCUT2D eigenvalue weighted by Crippen LogP contribution is -2.03. The average molecular weight is 288 g/mol. The fraction of sp³-hybridized carbons (Fsp3) is 0.267. The van der Waals surface area contributed by atoms with Gasteiger partial charge < -0.3 is 5.11 Å². The highest BCUT2D eigenvalue weighted by molar-refractivity contribution is 7.99. The number of carbonyl (C=O) groups is 1. The molecule has 0 amide bonds. The van der Waals surface area contributed by atoms with E-state index in [2.05, 4.69) is 35.9 Å². The van der Waals surface area contributed by atoms with Crippen LogP contribution in [0.25, 0.3) is 0 Å². The van der Waals surface area contributed by atoms with E-state index in [4.69, 9.17) is 5.11 Å². The van der Waals surface area contributed by atoms with E-state index in [9.17, 15) is 4.79 Å². The molecule has 1 aromatic heterocycles. The molecule has 0 aliphatic carbocycles. The minimum Gasteiger partial charge on any atom is -0.477 e. The quantitative estimate of drug-likeness (QED) is 0.868. The summed E-state index contributed by atoms with van der Waals surface area (Å²) in [5, 5.41) is 9.46. The summed E-state index contributed by atoms with van der Waals surface area (Å²) in [7, 11) is 0. The van der Waals surface area contributed by atoms with Crippen molar-refractivity contribution in [3.63, 3.8) is 0 Å². The van der Waals surface area contributed by atoms with E-state index in [0.717, 1.165) is 4.90 Å². The first-order chi connectivity index (χ1) is 9.45. The molecule has 2 rings (SSSR count). The van der Waals surface area contributed by atoms with Gasteiger partial charge in [-0.05, 0) is 48.4 Å². The van der Waals surface area contributed by atoms with Crippen LogP contribution < -0.4 is 0 Å². The van der Waals surface area contributed by atoms with Crippen LogP contribution in [0.1, 0.15) is 41.5 Å². The van der Waals surface area contributed by atoms with Crippen molar-refractivity contribution in [1.82, 2.24) is 9.97 Å². The normalized spacial score (nSPS) is 10.8. The van der Waals surface area contributed by atoms with E-state index in [1.165, 1.54) is 23.4 Å². The van der Waals surface area contributed by atoms with E-state index in [1.807, 2.05) is 12.1 Å². The molecule has 20 heavy (non-hydrogen) atoms. The number of carboxylic acid groups (broad SMARTS) is 1. The number of hydrogen-bond donors (Lipinski definition) is 1. The highest BCUT2D eigenvalue weighted by Gasteiger charge is 2.10. The summed E-state index contributed by atoms with van der Waals surface area (Å²) in [4.78, 5) is 20.3. The number of aryl methyl sites for hydroxylation is 1. The van der Waals surface area contributed by atoms with Gasteiger partial charge >= 0.3 is 5.97 Å². The minimum atomic E-state index is -1.03. The zero-order valence-corrected chi connectivity index (χ0v) is 12.4. The predicted octanol–water partition coefficient (Wildman–Crippen LogP) is 3.76. The topological polar surface area (TPSA) is 63.1 Å². The third-order valence-electron chi connectivity index (χ3n) is 2.81. The van der Waals surface area contributed by atoms with Crippen LogP contribution in [-0.2, 0) is 0 Å². The maximum absolute atomic E-state index is 11.0. The third-order valence-corrected chi connectivity index (χ3v) is 3.68. The van der Waals surface area contributed by atoms with Crippen LogP contribution in [0.2, 0.25) is 0 Å². The van der Waals surface area contributed by atoms with Gasteiger partial charge in [-0.25, -0.2) is 14.8 Å². The van der Waals surface area contributed by atoms with Crippen molar-refractivity contribution in [2.45, 2.75) is 36.7 Å². The zero-order valence-electron chi connectivity index (χ0n) is 11.6. The molecular weight excluding hydrogens is 272 g/mol. The molecule has 0 bridgehead atoms.